The van der Waals surface area contributed by atoms with Crippen LogP contribution in [-0.4, -0.2) is 55.4 Å². The maximum absolute atomic E-state index is 5.25. The predicted octanol–water partition coefficient (Wildman–Crippen LogP) is 0.569. The van der Waals surface area contributed by atoms with Crippen LogP contribution in [0.3, 0.4) is 0 Å². The average molecular weight is 252 g/mol. The van der Waals surface area contributed by atoms with Gasteiger partial charge in [-0.15, -0.1) is 0 Å². The van der Waals surface area contributed by atoms with Crippen LogP contribution in [0.1, 0.15) is 12.8 Å². The van der Waals surface area contributed by atoms with Gasteiger partial charge in [0, 0.05) is 34.3 Å². The fraction of sp³-hybridized carbons (Fsp3) is 0.727. The first kappa shape index (κ1) is 12.8. The summed E-state index contributed by atoms with van der Waals surface area (Å²) in [5.74, 6) is 1.82. The number of anilines is 3. The van der Waals surface area contributed by atoms with Gasteiger partial charge in [0.15, 0.2) is 0 Å². The maximum Gasteiger partial charge on any atom is 0.231 e. The molecular weight excluding hydrogens is 232 g/mol. The highest BCUT2D eigenvalue weighted by atomic mass is 16.5. The van der Waals surface area contributed by atoms with Crippen LogP contribution < -0.4 is 15.5 Å². The van der Waals surface area contributed by atoms with Gasteiger partial charge in [-0.2, -0.15) is 15.0 Å². The van der Waals surface area contributed by atoms with E-state index in [1.54, 1.807) is 14.2 Å². The lowest BCUT2D eigenvalue weighted by Crippen LogP contribution is -2.40. The van der Waals surface area contributed by atoms with Crippen LogP contribution in [0.2, 0.25) is 0 Å². The minimum atomic E-state index is 0.362. The Morgan fingerprint density at radius 3 is 2.39 bits per heavy atom. The van der Waals surface area contributed by atoms with Crippen LogP contribution in [0.15, 0.2) is 0 Å². The van der Waals surface area contributed by atoms with Crippen molar-refractivity contribution < 1.29 is 4.74 Å². The van der Waals surface area contributed by atoms with Crippen LogP contribution in [0.5, 0.6) is 0 Å². The molecule has 100 valence electrons. The molecule has 1 aliphatic carbocycles. The van der Waals surface area contributed by atoms with E-state index in [4.69, 9.17) is 4.74 Å². The Labute approximate surface area is 107 Å². The average Bonchev–Trinajstić information content (AvgIpc) is 2.32. The van der Waals surface area contributed by atoms with Crippen LogP contribution >= 0.6 is 0 Å². The number of ether oxygens (including phenoxy) is 1. The first-order valence-electron chi connectivity index (χ1n) is 6.03. The summed E-state index contributed by atoms with van der Waals surface area (Å²) in [6.45, 7) is 0. The third kappa shape index (κ3) is 2.79. The number of nitrogens with one attached hydrogen (secondary N) is 2. The fourth-order valence-corrected chi connectivity index (χ4v) is 1.80. The Bertz CT molecular complexity index is 405. The largest absolute Gasteiger partial charge is 0.381 e. The van der Waals surface area contributed by atoms with Crippen molar-refractivity contribution >= 4 is 17.8 Å². The lowest BCUT2D eigenvalue weighted by atomic mass is 9.89. The summed E-state index contributed by atoms with van der Waals surface area (Å²) in [5.41, 5.74) is 0. The smallest absolute Gasteiger partial charge is 0.231 e. The van der Waals surface area contributed by atoms with Gasteiger partial charge in [-0.3, -0.25) is 0 Å². The molecular formula is C11H20N6O. The van der Waals surface area contributed by atoms with Crippen molar-refractivity contribution in [3.8, 4) is 0 Å². The van der Waals surface area contributed by atoms with E-state index in [1.165, 1.54) is 0 Å². The van der Waals surface area contributed by atoms with E-state index in [0.717, 1.165) is 12.8 Å². The maximum atomic E-state index is 5.25. The Morgan fingerprint density at radius 2 is 1.83 bits per heavy atom. The van der Waals surface area contributed by atoms with Crippen LogP contribution in [0.4, 0.5) is 17.8 Å². The van der Waals surface area contributed by atoms with Crippen molar-refractivity contribution in [3.63, 3.8) is 0 Å². The van der Waals surface area contributed by atoms with E-state index < -0.39 is 0 Å². The Hall–Kier alpha value is -1.63. The van der Waals surface area contributed by atoms with Crippen LogP contribution in [0, 0.1) is 0 Å². The van der Waals surface area contributed by atoms with Crippen LogP contribution in [-0.2, 0) is 4.74 Å². The van der Waals surface area contributed by atoms with Crippen molar-refractivity contribution in [1.82, 2.24) is 15.0 Å². The molecule has 18 heavy (non-hydrogen) atoms. The minimum absolute atomic E-state index is 0.362. The van der Waals surface area contributed by atoms with Gasteiger partial charge in [0.25, 0.3) is 0 Å². The lowest BCUT2D eigenvalue weighted by Gasteiger charge is -2.34. The molecule has 0 bridgehead atoms. The second-order valence-corrected chi connectivity index (χ2v) is 4.60. The highest BCUT2D eigenvalue weighted by Gasteiger charge is 2.29. The summed E-state index contributed by atoms with van der Waals surface area (Å²) in [6.07, 6.45) is 2.35. The normalized spacial score (nSPS) is 22.2. The van der Waals surface area contributed by atoms with E-state index in [0.29, 0.717) is 30.0 Å². The zero-order valence-electron chi connectivity index (χ0n) is 11.3. The Morgan fingerprint density at radius 1 is 1.17 bits per heavy atom. The Kier molecular flexibility index (Phi) is 3.81. The van der Waals surface area contributed by atoms with E-state index >= 15 is 0 Å². The molecule has 1 aromatic rings. The van der Waals surface area contributed by atoms with E-state index in [-0.39, 0.29) is 0 Å². The molecule has 7 heteroatoms. The third-order valence-corrected chi connectivity index (χ3v) is 3.01. The topological polar surface area (TPSA) is 75.2 Å². The number of nitrogens with zero attached hydrogens (tertiary/aromatic N) is 4. The molecule has 1 heterocycles. The third-order valence-electron chi connectivity index (χ3n) is 3.01. The molecule has 0 saturated heterocycles. The molecule has 0 amide bonds. The summed E-state index contributed by atoms with van der Waals surface area (Å²) < 4.78 is 5.25. The van der Waals surface area contributed by atoms with Gasteiger partial charge < -0.3 is 20.3 Å². The van der Waals surface area contributed by atoms with Crippen LogP contribution in [0.25, 0.3) is 0 Å². The first-order chi connectivity index (χ1) is 8.62. The molecule has 1 saturated carbocycles. The molecule has 0 unspecified atom stereocenters. The molecule has 2 rings (SSSR count). The number of hydrogen-bond donors (Lipinski definition) is 2. The number of methoxy groups -OCH3 is 1. The van der Waals surface area contributed by atoms with Crippen molar-refractivity contribution in [2.24, 2.45) is 0 Å². The van der Waals surface area contributed by atoms with Gasteiger partial charge >= 0.3 is 0 Å². The van der Waals surface area contributed by atoms with Gasteiger partial charge in [0.1, 0.15) is 0 Å². The summed E-state index contributed by atoms with van der Waals surface area (Å²) in [5, 5.41) is 6.24. The second kappa shape index (κ2) is 5.34. The van der Waals surface area contributed by atoms with Crippen molar-refractivity contribution in [1.29, 1.82) is 0 Å². The Balaban J connectivity index is 2.05. The fourth-order valence-electron chi connectivity index (χ4n) is 1.80. The monoisotopic (exact) mass is 252 g/mol. The lowest BCUT2D eigenvalue weighted by molar-refractivity contribution is 0.0327. The van der Waals surface area contributed by atoms with Gasteiger partial charge in [-0.05, 0) is 12.8 Å². The standard InChI is InChI=1S/C11H20N6O/c1-12-9-14-10(16-11(15-9)17(2)3)13-7-5-8(6-7)18-4/h7-8H,5-6H2,1-4H3,(H2,12,13,14,15,16). The molecule has 2 N–H and O–H groups in total. The molecule has 1 fully saturated rings. The highest BCUT2D eigenvalue weighted by molar-refractivity contribution is 5.43. The van der Waals surface area contributed by atoms with E-state index in [1.807, 2.05) is 19.0 Å². The van der Waals surface area contributed by atoms with Gasteiger partial charge in [-0.25, -0.2) is 0 Å². The van der Waals surface area contributed by atoms with E-state index in [9.17, 15) is 0 Å². The highest BCUT2D eigenvalue weighted by Crippen LogP contribution is 2.25. The number of aromatic nitrogens is 3. The predicted molar refractivity (Wildman–Crippen MR) is 71.1 cm³/mol. The summed E-state index contributed by atoms with van der Waals surface area (Å²) >= 11 is 0. The molecule has 0 radical (unpaired) electrons. The van der Waals surface area contributed by atoms with Gasteiger partial charge in [-0.1, -0.05) is 0 Å². The van der Waals surface area contributed by atoms with E-state index in [2.05, 4.69) is 25.6 Å². The molecule has 0 spiro atoms. The number of rotatable bonds is 5. The van der Waals surface area contributed by atoms with Crippen molar-refractivity contribution in [2.45, 2.75) is 25.0 Å². The molecule has 1 aliphatic rings. The zero-order chi connectivity index (χ0) is 13.1. The van der Waals surface area contributed by atoms with Crippen molar-refractivity contribution in [2.75, 3.05) is 43.8 Å². The molecule has 0 aromatic carbocycles. The molecule has 0 aliphatic heterocycles. The molecule has 0 atom stereocenters. The SMILES string of the molecule is CNc1nc(NC2CC(OC)C2)nc(N(C)C)n1. The second-order valence-electron chi connectivity index (χ2n) is 4.60. The molecule has 1 aromatic heterocycles. The summed E-state index contributed by atoms with van der Waals surface area (Å²) in [7, 11) is 7.35. The summed E-state index contributed by atoms with van der Waals surface area (Å²) in [6, 6.07) is 0.386. The zero-order valence-corrected chi connectivity index (χ0v) is 11.3. The number of hydrogen-bond acceptors (Lipinski definition) is 7. The molecule has 7 nitrogen and oxygen atoms in total. The minimum Gasteiger partial charge on any atom is -0.381 e. The quantitative estimate of drug-likeness (QED) is 0.793. The van der Waals surface area contributed by atoms with Crippen molar-refractivity contribution in [3.05, 3.63) is 0 Å². The van der Waals surface area contributed by atoms with Gasteiger partial charge in [0.2, 0.25) is 17.8 Å². The first-order valence-corrected chi connectivity index (χ1v) is 6.03. The van der Waals surface area contributed by atoms with Gasteiger partial charge in [0.05, 0.1) is 6.10 Å². The summed E-state index contributed by atoms with van der Waals surface area (Å²) in [4.78, 5) is 14.8.